The van der Waals surface area contributed by atoms with Gasteiger partial charge in [-0.1, -0.05) is 53.5 Å². The average Bonchev–Trinajstić information content (AvgIpc) is 2.70. The van der Waals surface area contributed by atoms with Gasteiger partial charge in [0.1, 0.15) is 12.6 Å². The Morgan fingerprint density at radius 1 is 1.06 bits per heavy atom. The highest BCUT2D eigenvalue weighted by atomic mass is 35.5. The van der Waals surface area contributed by atoms with Crippen molar-refractivity contribution in [3.63, 3.8) is 0 Å². The molecule has 2 aromatic rings. The molecule has 0 aliphatic heterocycles. The number of hydrogen-bond acceptors (Lipinski definition) is 4. The molecule has 180 valence electrons. The van der Waals surface area contributed by atoms with E-state index >= 15 is 0 Å². The third kappa shape index (κ3) is 7.91. The molecule has 1 N–H and O–H groups in total. The molecule has 10 heteroatoms. The second-order valence-electron chi connectivity index (χ2n) is 8.79. The summed E-state index contributed by atoms with van der Waals surface area (Å²) in [5.41, 5.74) is 0.388. The van der Waals surface area contributed by atoms with Gasteiger partial charge in [-0.25, -0.2) is 8.42 Å². The molecule has 0 heterocycles. The van der Waals surface area contributed by atoms with Crippen molar-refractivity contribution in [2.45, 2.75) is 45.8 Å². The maximum absolute atomic E-state index is 13.4. The highest BCUT2D eigenvalue weighted by Gasteiger charge is 2.32. The SMILES string of the molecule is CC(C(=O)NC(C)(C)C)N(Cc1ccccc1)C(=O)CN(c1cc(Cl)ccc1Cl)S(C)(=O)=O. The molecule has 0 aliphatic carbocycles. The number of benzene rings is 2. The Labute approximate surface area is 205 Å². The first-order valence-corrected chi connectivity index (χ1v) is 12.9. The maximum Gasteiger partial charge on any atom is 0.244 e. The highest BCUT2D eigenvalue weighted by molar-refractivity contribution is 7.92. The van der Waals surface area contributed by atoms with Crippen molar-refractivity contribution in [1.29, 1.82) is 0 Å². The van der Waals surface area contributed by atoms with Crippen LogP contribution in [0.1, 0.15) is 33.3 Å². The van der Waals surface area contributed by atoms with Gasteiger partial charge in [-0.3, -0.25) is 13.9 Å². The van der Waals surface area contributed by atoms with Gasteiger partial charge in [-0.15, -0.1) is 0 Å². The lowest BCUT2D eigenvalue weighted by atomic mass is 10.1. The molecule has 2 rings (SSSR count). The van der Waals surface area contributed by atoms with Gasteiger partial charge < -0.3 is 10.2 Å². The number of carbonyl (C=O) groups excluding carboxylic acids is 2. The average molecular weight is 514 g/mol. The first-order valence-electron chi connectivity index (χ1n) is 10.3. The Bertz CT molecular complexity index is 1100. The van der Waals surface area contributed by atoms with Crippen molar-refractivity contribution in [2.24, 2.45) is 0 Å². The third-order valence-corrected chi connectivity index (χ3v) is 6.40. The summed E-state index contributed by atoms with van der Waals surface area (Å²) < 4.78 is 26.1. The number of sulfonamides is 1. The summed E-state index contributed by atoms with van der Waals surface area (Å²) in [6.45, 7) is 6.71. The van der Waals surface area contributed by atoms with Gasteiger partial charge in [0.2, 0.25) is 21.8 Å². The monoisotopic (exact) mass is 513 g/mol. The molecule has 2 amide bonds. The zero-order valence-corrected chi connectivity index (χ0v) is 21.6. The number of hydrogen-bond donors (Lipinski definition) is 1. The Hall–Kier alpha value is -2.29. The van der Waals surface area contributed by atoms with E-state index in [0.717, 1.165) is 16.1 Å². The fourth-order valence-corrected chi connectivity index (χ4v) is 4.40. The second-order valence-corrected chi connectivity index (χ2v) is 11.5. The van der Waals surface area contributed by atoms with E-state index in [1.807, 2.05) is 51.1 Å². The Balaban J connectivity index is 2.42. The van der Waals surface area contributed by atoms with E-state index in [-0.39, 0.29) is 28.2 Å². The van der Waals surface area contributed by atoms with Crippen LogP contribution in [0.25, 0.3) is 0 Å². The molecule has 0 fully saturated rings. The Kier molecular flexibility index (Phi) is 8.79. The van der Waals surface area contributed by atoms with Gasteiger partial charge in [-0.2, -0.15) is 0 Å². The smallest absolute Gasteiger partial charge is 0.244 e. The Morgan fingerprint density at radius 2 is 1.67 bits per heavy atom. The van der Waals surface area contributed by atoms with Crippen molar-refractivity contribution in [3.8, 4) is 0 Å². The van der Waals surface area contributed by atoms with E-state index in [2.05, 4.69) is 5.32 Å². The highest BCUT2D eigenvalue weighted by Crippen LogP contribution is 2.31. The number of nitrogens with zero attached hydrogens (tertiary/aromatic N) is 2. The summed E-state index contributed by atoms with van der Waals surface area (Å²) in [7, 11) is -3.89. The molecule has 1 atom stereocenters. The number of amides is 2. The van der Waals surface area contributed by atoms with E-state index in [9.17, 15) is 18.0 Å². The fourth-order valence-electron chi connectivity index (χ4n) is 3.11. The van der Waals surface area contributed by atoms with E-state index < -0.39 is 34.1 Å². The van der Waals surface area contributed by atoms with Crippen molar-refractivity contribution < 1.29 is 18.0 Å². The zero-order chi connectivity index (χ0) is 25.0. The van der Waals surface area contributed by atoms with Crippen molar-refractivity contribution in [3.05, 3.63) is 64.1 Å². The fraction of sp³-hybridized carbons (Fsp3) is 0.391. The van der Waals surface area contributed by atoms with Crippen LogP contribution in [0.3, 0.4) is 0 Å². The van der Waals surface area contributed by atoms with Crippen LogP contribution in [-0.4, -0.2) is 49.5 Å². The molecule has 0 aliphatic rings. The molecule has 7 nitrogen and oxygen atoms in total. The third-order valence-electron chi connectivity index (χ3n) is 4.72. The minimum absolute atomic E-state index is 0.0893. The van der Waals surface area contributed by atoms with Crippen LogP contribution < -0.4 is 9.62 Å². The summed E-state index contributed by atoms with van der Waals surface area (Å²) >= 11 is 12.3. The molecule has 0 saturated carbocycles. The minimum Gasteiger partial charge on any atom is -0.350 e. The van der Waals surface area contributed by atoms with Crippen LogP contribution in [0.4, 0.5) is 5.69 Å². The molecule has 0 saturated heterocycles. The molecule has 0 radical (unpaired) electrons. The normalized spacial score (nSPS) is 12.7. The van der Waals surface area contributed by atoms with Crippen molar-refractivity contribution in [1.82, 2.24) is 10.2 Å². The van der Waals surface area contributed by atoms with Gasteiger partial charge in [0.05, 0.1) is 17.0 Å². The number of carbonyl (C=O) groups is 2. The lowest BCUT2D eigenvalue weighted by molar-refractivity contribution is -0.140. The van der Waals surface area contributed by atoms with Gasteiger partial charge in [0.25, 0.3) is 0 Å². The van der Waals surface area contributed by atoms with E-state index in [0.29, 0.717) is 0 Å². The van der Waals surface area contributed by atoms with Crippen LogP contribution in [0, 0.1) is 0 Å². The predicted octanol–water partition coefficient (Wildman–Crippen LogP) is 4.09. The molecule has 0 aromatic heterocycles. The van der Waals surface area contributed by atoms with E-state index in [1.54, 1.807) is 6.92 Å². The van der Waals surface area contributed by atoms with Gasteiger partial charge in [-0.05, 0) is 51.5 Å². The van der Waals surface area contributed by atoms with Gasteiger partial charge >= 0.3 is 0 Å². The molecule has 0 spiro atoms. The van der Waals surface area contributed by atoms with Crippen LogP contribution in [0.2, 0.25) is 10.0 Å². The number of nitrogens with one attached hydrogen (secondary N) is 1. The summed E-state index contributed by atoms with van der Waals surface area (Å²) in [5, 5.41) is 3.27. The van der Waals surface area contributed by atoms with Crippen molar-refractivity contribution in [2.75, 3.05) is 17.1 Å². The molecular weight excluding hydrogens is 485 g/mol. The van der Waals surface area contributed by atoms with Gasteiger partial charge in [0, 0.05) is 17.1 Å². The summed E-state index contributed by atoms with van der Waals surface area (Å²) in [4.78, 5) is 27.7. The van der Waals surface area contributed by atoms with Gasteiger partial charge in [0.15, 0.2) is 0 Å². The van der Waals surface area contributed by atoms with Crippen LogP contribution in [-0.2, 0) is 26.2 Å². The first-order chi connectivity index (χ1) is 15.2. The van der Waals surface area contributed by atoms with E-state index in [4.69, 9.17) is 23.2 Å². The van der Waals surface area contributed by atoms with Crippen LogP contribution in [0.15, 0.2) is 48.5 Å². The van der Waals surface area contributed by atoms with Crippen molar-refractivity contribution >= 4 is 50.7 Å². The summed E-state index contributed by atoms with van der Waals surface area (Å²) in [6, 6.07) is 12.7. The van der Waals surface area contributed by atoms with Crippen LogP contribution in [0.5, 0.6) is 0 Å². The lowest BCUT2D eigenvalue weighted by Gasteiger charge is -2.33. The van der Waals surface area contributed by atoms with E-state index in [1.165, 1.54) is 23.1 Å². The molecule has 1 unspecified atom stereocenters. The summed E-state index contributed by atoms with van der Waals surface area (Å²) in [5.74, 6) is -0.907. The maximum atomic E-state index is 13.4. The molecule has 2 aromatic carbocycles. The standard InChI is InChI=1S/C23H29Cl2N3O4S/c1-16(22(30)26-23(2,3)4)27(14-17-9-7-6-8-10-17)21(29)15-28(33(5,31)32)20-13-18(24)11-12-19(20)25/h6-13,16H,14-15H2,1-5H3,(H,26,30). The van der Waals surface area contributed by atoms with Crippen LogP contribution >= 0.6 is 23.2 Å². The predicted molar refractivity (Wildman–Crippen MR) is 133 cm³/mol. The molecular formula is C23H29Cl2N3O4S. The number of rotatable bonds is 8. The zero-order valence-electron chi connectivity index (χ0n) is 19.3. The number of halogens is 2. The number of anilines is 1. The lowest BCUT2D eigenvalue weighted by Crippen LogP contribution is -2.54. The largest absolute Gasteiger partial charge is 0.350 e. The minimum atomic E-state index is -3.89. The second kappa shape index (κ2) is 10.8. The Morgan fingerprint density at radius 3 is 2.21 bits per heavy atom. The molecule has 33 heavy (non-hydrogen) atoms. The summed E-state index contributed by atoms with van der Waals surface area (Å²) in [6.07, 6.45) is 0.981. The topological polar surface area (TPSA) is 86.8 Å². The molecule has 0 bridgehead atoms. The first kappa shape index (κ1) is 27.0. The quantitative estimate of drug-likeness (QED) is 0.575.